The van der Waals surface area contributed by atoms with Crippen LogP contribution in [0.2, 0.25) is 0 Å². The maximum Gasteiger partial charge on any atom is 0.587 e. The lowest BCUT2D eigenvalue weighted by Crippen LogP contribution is -2.43. The van der Waals surface area contributed by atoms with E-state index in [1.165, 1.54) is 70.6 Å². The molecule has 0 aromatic heterocycles. The van der Waals surface area contributed by atoms with Crippen molar-refractivity contribution in [1.29, 1.82) is 0 Å². The van der Waals surface area contributed by atoms with Crippen LogP contribution in [0.4, 0.5) is 0 Å². The van der Waals surface area contributed by atoms with Gasteiger partial charge in [-0.25, -0.2) is 9.36 Å². The number of esters is 1. The zero-order chi connectivity index (χ0) is 38.4. The number of benzene rings is 2. The molecule has 2 rings (SSSR count). The largest absolute Gasteiger partial charge is 0.587 e. The number of phosphoric acid groups is 1. The van der Waals surface area contributed by atoms with Crippen LogP contribution in [0.5, 0.6) is 11.5 Å². The quantitative estimate of drug-likeness (QED) is 0.0414. The van der Waals surface area contributed by atoms with Crippen molar-refractivity contribution in [2.75, 3.05) is 6.61 Å². The zero-order valence-electron chi connectivity index (χ0n) is 32.4. The number of ether oxygens (including phenoxy) is 1. The Labute approximate surface area is 318 Å². The van der Waals surface area contributed by atoms with E-state index in [9.17, 15) is 24.1 Å². The van der Waals surface area contributed by atoms with Crippen molar-refractivity contribution in [2.45, 2.75) is 167 Å². The first-order valence-corrected chi connectivity index (χ1v) is 21.7. The van der Waals surface area contributed by atoms with Gasteiger partial charge in [0.2, 0.25) is 5.91 Å². The molecule has 1 amide bonds. The van der Waals surface area contributed by atoms with E-state index in [1.807, 2.05) is 0 Å². The van der Waals surface area contributed by atoms with Gasteiger partial charge in [-0.05, 0) is 43.5 Å². The number of aliphatic carboxylic acids is 1. The van der Waals surface area contributed by atoms with Crippen LogP contribution in [0.1, 0.15) is 155 Å². The Kier molecular flexibility index (Phi) is 25.1. The van der Waals surface area contributed by atoms with Crippen LogP contribution in [0.15, 0.2) is 60.7 Å². The molecule has 2 atom stereocenters. The highest BCUT2D eigenvalue weighted by molar-refractivity contribution is 7.49. The fraction of sp³-hybridized carbons (Fsp3) is 0.643. The summed E-state index contributed by atoms with van der Waals surface area (Å²) >= 11 is 0. The first-order valence-electron chi connectivity index (χ1n) is 20.2. The van der Waals surface area contributed by atoms with Gasteiger partial charge < -0.3 is 24.2 Å². The molecule has 2 aromatic carbocycles. The summed E-state index contributed by atoms with van der Waals surface area (Å²) in [4.78, 5) is 38.1. The van der Waals surface area contributed by atoms with E-state index >= 15 is 0 Å². The lowest BCUT2D eigenvalue weighted by Gasteiger charge is -2.21. The smallest absolute Gasteiger partial charge is 0.480 e. The molecule has 0 spiro atoms. The van der Waals surface area contributed by atoms with Gasteiger partial charge in [0.05, 0.1) is 13.0 Å². The summed E-state index contributed by atoms with van der Waals surface area (Å²) in [5.74, 6) is -1.64. The molecule has 0 fully saturated rings. The van der Waals surface area contributed by atoms with Crippen molar-refractivity contribution in [3.05, 3.63) is 60.7 Å². The molecule has 1 unspecified atom stereocenters. The fourth-order valence-corrected chi connectivity index (χ4v) is 7.23. The van der Waals surface area contributed by atoms with Crippen LogP contribution in [0, 0.1) is 0 Å². The van der Waals surface area contributed by atoms with Crippen LogP contribution in [-0.2, 0) is 28.2 Å². The van der Waals surface area contributed by atoms with Gasteiger partial charge in [0.1, 0.15) is 23.6 Å². The summed E-state index contributed by atoms with van der Waals surface area (Å²) in [5.41, 5.74) is 0. The molecule has 0 radical (unpaired) electrons. The number of rotatable bonds is 33. The minimum absolute atomic E-state index is 0.141. The van der Waals surface area contributed by atoms with Gasteiger partial charge >= 0.3 is 19.8 Å². The Morgan fingerprint density at radius 2 is 1.09 bits per heavy atom. The van der Waals surface area contributed by atoms with Gasteiger partial charge in [0.25, 0.3) is 0 Å². The number of para-hydroxylation sites is 2. The lowest BCUT2D eigenvalue weighted by molar-refractivity contribution is -0.151. The van der Waals surface area contributed by atoms with E-state index in [1.54, 1.807) is 60.7 Å². The Bertz CT molecular complexity index is 1250. The van der Waals surface area contributed by atoms with Crippen LogP contribution in [0.3, 0.4) is 0 Å². The van der Waals surface area contributed by atoms with E-state index < -0.39 is 31.8 Å². The van der Waals surface area contributed by atoms with E-state index in [-0.39, 0.29) is 36.9 Å². The number of carboxylic acid groups (broad SMARTS) is 1. The lowest BCUT2D eigenvalue weighted by atomic mass is 10.0. The van der Waals surface area contributed by atoms with Crippen LogP contribution >= 0.6 is 7.82 Å². The molecule has 2 aromatic rings. The van der Waals surface area contributed by atoms with Crippen molar-refractivity contribution >= 4 is 25.7 Å². The maximum absolute atomic E-state index is 13.6. The number of carbonyl (C=O) groups excluding carboxylic acids is 2. The minimum atomic E-state index is -4.24. The number of unbranched alkanes of at least 4 members (excludes halogenated alkanes) is 16. The number of hydrogen-bond acceptors (Lipinski definition) is 8. The minimum Gasteiger partial charge on any atom is -0.480 e. The molecule has 0 aliphatic rings. The predicted octanol–water partition coefficient (Wildman–Crippen LogP) is 11.4. The monoisotopic (exact) mass is 759 g/mol. The van der Waals surface area contributed by atoms with Crippen molar-refractivity contribution in [2.24, 2.45) is 0 Å². The first-order chi connectivity index (χ1) is 25.7. The van der Waals surface area contributed by atoms with Crippen molar-refractivity contribution in [3.8, 4) is 11.5 Å². The molecular weight excluding hydrogens is 693 g/mol. The predicted molar refractivity (Wildman–Crippen MR) is 210 cm³/mol. The number of carbonyl (C=O) groups is 3. The normalized spacial score (nSPS) is 12.5. The molecular formula is C42H66NO9P. The van der Waals surface area contributed by atoms with Crippen LogP contribution in [0.25, 0.3) is 0 Å². The van der Waals surface area contributed by atoms with E-state index in [0.29, 0.717) is 12.8 Å². The molecule has 2 N–H and O–H groups in total. The summed E-state index contributed by atoms with van der Waals surface area (Å²) in [6.07, 6.45) is 20.4. The molecule has 0 saturated heterocycles. The SMILES string of the molecule is CCCCCCCCCCCC(=O)O[C@H](CCCCCCCCCCC)CC(=O)NC(CCOP(=O)(Oc1ccccc1)Oc1ccccc1)C(=O)O. The summed E-state index contributed by atoms with van der Waals surface area (Å²) in [6.45, 7) is 4.08. The summed E-state index contributed by atoms with van der Waals surface area (Å²) < 4.78 is 36.2. The summed E-state index contributed by atoms with van der Waals surface area (Å²) in [5, 5.41) is 12.5. The topological polar surface area (TPSA) is 137 Å². The van der Waals surface area contributed by atoms with Crippen LogP contribution < -0.4 is 14.4 Å². The van der Waals surface area contributed by atoms with Gasteiger partial charge in [0.15, 0.2) is 0 Å². The molecule has 0 aliphatic heterocycles. The maximum atomic E-state index is 13.6. The molecule has 11 heteroatoms. The van der Waals surface area contributed by atoms with Crippen LogP contribution in [-0.4, -0.2) is 41.7 Å². The van der Waals surface area contributed by atoms with E-state index in [0.717, 1.165) is 44.9 Å². The van der Waals surface area contributed by atoms with Crippen molar-refractivity contribution < 1.29 is 42.4 Å². The molecule has 0 aliphatic carbocycles. The Morgan fingerprint density at radius 1 is 0.642 bits per heavy atom. The summed E-state index contributed by atoms with van der Waals surface area (Å²) in [7, 11) is -4.24. The Morgan fingerprint density at radius 3 is 1.57 bits per heavy atom. The second kappa shape index (κ2) is 29.1. The number of phosphoric ester groups is 1. The number of hydrogen-bond donors (Lipinski definition) is 2. The first kappa shape index (κ1) is 45.8. The second-order valence-electron chi connectivity index (χ2n) is 13.8. The average Bonchev–Trinajstić information content (AvgIpc) is 3.13. The Balaban J connectivity index is 1.91. The molecule has 53 heavy (non-hydrogen) atoms. The van der Waals surface area contributed by atoms with Gasteiger partial charge in [-0.15, -0.1) is 0 Å². The highest BCUT2D eigenvalue weighted by Crippen LogP contribution is 2.49. The van der Waals surface area contributed by atoms with Crippen molar-refractivity contribution in [1.82, 2.24) is 5.32 Å². The highest BCUT2D eigenvalue weighted by Gasteiger charge is 2.32. The average molecular weight is 760 g/mol. The molecule has 298 valence electrons. The molecule has 0 bridgehead atoms. The highest BCUT2D eigenvalue weighted by atomic mass is 31.2. The number of carboxylic acids is 1. The van der Waals surface area contributed by atoms with Gasteiger partial charge in [-0.3, -0.25) is 14.1 Å². The molecule has 10 nitrogen and oxygen atoms in total. The Hall–Kier alpha value is -3.36. The van der Waals surface area contributed by atoms with Gasteiger partial charge in [-0.1, -0.05) is 153 Å². The van der Waals surface area contributed by atoms with E-state index in [4.69, 9.17) is 18.3 Å². The summed E-state index contributed by atoms with van der Waals surface area (Å²) in [6, 6.07) is 15.4. The fourth-order valence-electron chi connectivity index (χ4n) is 6.00. The van der Waals surface area contributed by atoms with E-state index in [2.05, 4.69) is 19.2 Å². The van der Waals surface area contributed by atoms with Crippen molar-refractivity contribution in [3.63, 3.8) is 0 Å². The zero-order valence-corrected chi connectivity index (χ0v) is 33.2. The second-order valence-corrected chi connectivity index (χ2v) is 15.4. The number of amides is 1. The number of nitrogens with one attached hydrogen (secondary N) is 1. The third-order valence-corrected chi connectivity index (χ3v) is 10.4. The third kappa shape index (κ3) is 23.1. The third-order valence-electron chi connectivity index (χ3n) is 9.04. The standard InChI is InChI=1S/C42H66NO9P/c1-3-5-7-9-11-13-15-17-21-31-38(50-41(45)32-26-18-16-14-12-10-8-6-4-2)35-40(44)43-39(42(46)47)33-34-49-53(48,51-36-27-22-19-23-28-36)52-37-29-24-20-25-30-37/h19-20,22-25,27-30,38-39H,3-18,21,26,31-35H2,1-2H3,(H,43,44)(H,46,47)/t38-,39?/m1/s1. The van der Waals surface area contributed by atoms with Gasteiger partial charge in [-0.2, -0.15) is 0 Å². The molecule has 0 heterocycles. The van der Waals surface area contributed by atoms with Gasteiger partial charge in [0, 0.05) is 12.8 Å². The molecule has 0 saturated carbocycles.